The summed E-state index contributed by atoms with van der Waals surface area (Å²) < 4.78 is 5.35. The van der Waals surface area contributed by atoms with Crippen LogP contribution in [0.1, 0.15) is 12.5 Å². The fraction of sp³-hybridized carbons (Fsp3) is 0.136. The molecule has 26 heavy (non-hydrogen) atoms. The Morgan fingerprint density at radius 1 is 0.846 bits per heavy atom. The largest absolute Gasteiger partial charge is 0.459 e. The quantitative estimate of drug-likeness (QED) is 0.599. The Hall–Kier alpha value is -2.78. The number of hydrogen-bond acceptors (Lipinski definition) is 3. The molecule has 0 aromatic heterocycles. The van der Waals surface area contributed by atoms with E-state index in [0.29, 0.717) is 6.61 Å². The van der Waals surface area contributed by atoms with Gasteiger partial charge in [0.05, 0.1) is 0 Å². The van der Waals surface area contributed by atoms with Crippen molar-refractivity contribution in [2.45, 2.75) is 19.6 Å². The fourth-order valence-electron chi connectivity index (χ4n) is 2.55. The molecule has 0 unspecified atom stereocenters. The van der Waals surface area contributed by atoms with E-state index in [0.717, 1.165) is 16.8 Å². The van der Waals surface area contributed by atoms with E-state index in [1.165, 1.54) is 5.56 Å². The Bertz CT molecular complexity index is 805. The first-order chi connectivity index (χ1) is 12.2. The van der Waals surface area contributed by atoms with Crippen LogP contribution in [0.5, 0.6) is 0 Å². The first kappa shape index (κ1) is 19.5. The molecular weight excluding hydrogens is 346 g/mol. The van der Waals surface area contributed by atoms with E-state index in [1.807, 2.05) is 72.8 Å². The van der Waals surface area contributed by atoms with E-state index in [2.05, 4.69) is 17.4 Å². The molecule has 134 valence electrons. The molecule has 1 atom stereocenters. The molecule has 3 nitrogen and oxygen atoms in total. The maximum atomic E-state index is 12.1. The van der Waals surface area contributed by atoms with Gasteiger partial charge in [0.2, 0.25) is 0 Å². The van der Waals surface area contributed by atoms with Crippen molar-refractivity contribution in [3.8, 4) is 11.1 Å². The molecule has 3 aromatic rings. The average molecular weight is 368 g/mol. The second-order valence-corrected chi connectivity index (χ2v) is 5.90. The molecule has 0 saturated carbocycles. The van der Waals surface area contributed by atoms with Gasteiger partial charge in [-0.25, -0.2) is 4.79 Å². The van der Waals surface area contributed by atoms with Crippen molar-refractivity contribution in [3.05, 3.63) is 90.5 Å². The minimum atomic E-state index is -0.411. The molecule has 3 aromatic carbocycles. The first-order valence-electron chi connectivity index (χ1n) is 8.35. The van der Waals surface area contributed by atoms with Crippen molar-refractivity contribution in [2.24, 2.45) is 0 Å². The summed E-state index contributed by atoms with van der Waals surface area (Å²) in [6.45, 7) is 2.09. The van der Waals surface area contributed by atoms with Crippen LogP contribution < -0.4 is 5.32 Å². The molecule has 0 radical (unpaired) electrons. The van der Waals surface area contributed by atoms with Crippen molar-refractivity contribution in [1.29, 1.82) is 0 Å². The zero-order valence-electron chi connectivity index (χ0n) is 14.6. The molecule has 0 aliphatic heterocycles. The van der Waals surface area contributed by atoms with Crippen molar-refractivity contribution >= 4 is 24.1 Å². The Kier molecular flexibility index (Phi) is 7.24. The topological polar surface area (TPSA) is 38.3 Å². The van der Waals surface area contributed by atoms with Gasteiger partial charge in [-0.1, -0.05) is 72.8 Å². The summed E-state index contributed by atoms with van der Waals surface area (Å²) in [6.07, 6.45) is 0. The lowest BCUT2D eigenvalue weighted by Crippen LogP contribution is -2.28. The third-order valence-electron chi connectivity index (χ3n) is 3.95. The molecule has 0 saturated heterocycles. The van der Waals surface area contributed by atoms with Crippen molar-refractivity contribution < 1.29 is 9.53 Å². The van der Waals surface area contributed by atoms with Gasteiger partial charge in [0.15, 0.2) is 0 Å². The van der Waals surface area contributed by atoms with Gasteiger partial charge in [-0.3, -0.25) is 0 Å². The van der Waals surface area contributed by atoms with Gasteiger partial charge in [0.1, 0.15) is 12.6 Å². The molecule has 0 bridgehead atoms. The number of benzene rings is 3. The molecule has 0 spiro atoms. The molecule has 0 aliphatic rings. The minimum Gasteiger partial charge on any atom is -0.459 e. The van der Waals surface area contributed by atoms with Gasteiger partial charge in [-0.2, -0.15) is 0 Å². The Balaban J connectivity index is 0.00000243. The van der Waals surface area contributed by atoms with Crippen LogP contribution in [0, 0.1) is 0 Å². The predicted octanol–water partition coefficient (Wildman–Crippen LogP) is 5.32. The number of carbonyl (C=O) groups excluding carboxylic acids is 1. The van der Waals surface area contributed by atoms with Gasteiger partial charge in [0, 0.05) is 5.69 Å². The summed E-state index contributed by atoms with van der Waals surface area (Å²) in [5.74, 6) is -0.268. The number of esters is 1. The highest BCUT2D eigenvalue weighted by atomic mass is 35.5. The summed E-state index contributed by atoms with van der Waals surface area (Å²) >= 11 is 0. The highest BCUT2D eigenvalue weighted by Crippen LogP contribution is 2.21. The Morgan fingerprint density at radius 2 is 1.38 bits per heavy atom. The normalized spacial score (nSPS) is 11.1. The van der Waals surface area contributed by atoms with Crippen LogP contribution in [0.25, 0.3) is 11.1 Å². The lowest BCUT2D eigenvalue weighted by molar-refractivity contribution is -0.145. The van der Waals surface area contributed by atoms with E-state index >= 15 is 0 Å². The van der Waals surface area contributed by atoms with Crippen molar-refractivity contribution in [2.75, 3.05) is 5.32 Å². The zero-order valence-corrected chi connectivity index (χ0v) is 15.4. The maximum absolute atomic E-state index is 12.1. The highest BCUT2D eigenvalue weighted by Gasteiger charge is 2.14. The van der Waals surface area contributed by atoms with Crippen LogP contribution in [0.3, 0.4) is 0 Å². The van der Waals surface area contributed by atoms with Crippen LogP contribution in [0.15, 0.2) is 84.9 Å². The van der Waals surface area contributed by atoms with E-state index in [1.54, 1.807) is 6.92 Å². The third kappa shape index (κ3) is 5.36. The molecule has 3 rings (SSSR count). The summed E-state index contributed by atoms with van der Waals surface area (Å²) in [5.41, 5.74) is 4.19. The van der Waals surface area contributed by atoms with Crippen LogP contribution in [0.2, 0.25) is 0 Å². The summed E-state index contributed by atoms with van der Waals surface area (Å²) in [7, 11) is 0. The molecule has 0 heterocycles. The highest BCUT2D eigenvalue weighted by molar-refractivity contribution is 5.85. The Labute approximate surface area is 160 Å². The van der Waals surface area contributed by atoms with Gasteiger partial charge >= 0.3 is 5.97 Å². The SMILES string of the molecule is C[C@H](Nc1ccc(-c2ccccc2)cc1)C(=O)OCc1ccccc1.Cl. The van der Waals surface area contributed by atoms with E-state index in [9.17, 15) is 4.79 Å². The number of rotatable bonds is 6. The maximum Gasteiger partial charge on any atom is 0.328 e. The summed E-state index contributed by atoms with van der Waals surface area (Å²) in [6, 6.07) is 27.5. The van der Waals surface area contributed by atoms with E-state index < -0.39 is 6.04 Å². The fourth-order valence-corrected chi connectivity index (χ4v) is 2.55. The number of hydrogen-bond donors (Lipinski definition) is 1. The monoisotopic (exact) mass is 367 g/mol. The van der Waals surface area contributed by atoms with E-state index in [-0.39, 0.29) is 18.4 Å². The first-order valence-corrected chi connectivity index (χ1v) is 8.35. The van der Waals surface area contributed by atoms with Crippen LogP contribution in [-0.2, 0) is 16.1 Å². The number of nitrogens with one attached hydrogen (secondary N) is 1. The van der Waals surface area contributed by atoms with Crippen LogP contribution in [0.4, 0.5) is 5.69 Å². The van der Waals surface area contributed by atoms with Gasteiger partial charge < -0.3 is 10.1 Å². The average Bonchev–Trinajstić information content (AvgIpc) is 2.68. The summed E-state index contributed by atoms with van der Waals surface area (Å²) in [5, 5.41) is 3.18. The lowest BCUT2D eigenvalue weighted by Gasteiger charge is -2.15. The predicted molar refractivity (Wildman–Crippen MR) is 108 cm³/mol. The standard InChI is InChI=1S/C22H21NO2.ClH/c1-17(22(24)25-16-18-8-4-2-5-9-18)23-21-14-12-20(13-15-21)19-10-6-3-7-11-19;/h2-15,17,23H,16H2,1H3;1H/t17-;/m0./s1. The lowest BCUT2D eigenvalue weighted by atomic mass is 10.1. The number of ether oxygens (including phenoxy) is 1. The second-order valence-electron chi connectivity index (χ2n) is 5.90. The number of anilines is 1. The minimum absolute atomic E-state index is 0. The molecule has 0 fully saturated rings. The zero-order chi connectivity index (χ0) is 17.5. The van der Waals surface area contributed by atoms with Gasteiger partial charge in [0.25, 0.3) is 0 Å². The third-order valence-corrected chi connectivity index (χ3v) is 3.95. The van der Waals surface area contributed by atoms with Crippen molar-refractivity contribution in [1.82, 2.24) is 0 Å². The smallest absolute Gasteiger partial charge is 0.328 e. The molecule has 0 aliphatic carbocycles. The van der Waals surface area contributed by atoms with Crippen molar-refractivity contribution in [3.63, 3.8) is 0 Å². The van der Waals surface area contributed by atoms with Crippen LogP contribution in [-0.4, -0.2) is 12.0 Å². The number of halogens is 1. The number of carbonyl (C=O) groups is 1. The summed E-state index contributed by atoms with van der Waals surface area (Å²) in [4.78, 5) is 12.1. The second kappa shape index (κ2) is 9.64. The Morgan fingerprint density at radius 3 is 2.00 bits per heavy atom. The van der Waals surface area contributed by atoms with Gasteiger partial charge in [-0.15, -0.1) is 12.4 Å². The molecule has 1 N–H and O–H groups in total. The van der Waals surface area contributed by atoms with Gasteiger partial charge in [-0.05, 0) is 35.7 Å². The molecule has 0 amide bonds. The molecule has 4 heteroatoms. The van der Waals surface area contributed by atoms with E-state index in [4.69, 9.17) is 4.74 Å². The van der Waals surface area contributed by atoms with Crippen LogP contribution >= 0.6 is 12.4 Å². The molecular formula is C22H22ClNO2.